The first-order valence-corrected chi connectivity index (χ1v) is 8.89. The number of benzene rings is 1. The highest BCUT2D eigenvalue weighted by Crippen LogP contribution is 2.29. The monoisotopic (exact) mass is 360 g/mol. The molecular weight excluding hydrogens is 343 g/mol. The molecule has 1 aromatic carbocycles. The zero-order valence-corrected chi connectivity index (χ0v) is 13.6. The summed E-state index contributed by atoms with van der Waals surface area (Å²) in [5.74, 6) is -11.8. The maximum absolute atomic E-state index is 13.4. The van der Waals surface area contributed by atoms with Gasteiger partial charge in [0.15, 0.2) is 5.75 Å². The lowest BCUT2D eigenvalue weighted by Crippen LogP contribution is -2.42. The molecule has 0 aliphatic rings. The Morgan fingerprint density at radius 1 is 0.826 bits per heavy atom. The van der Waals surface area contributed by atoms with Crippen molar-refractivity contribution in [3.63, 3.8) is 0 Å². The van der Waals surface area contributed by atoms with Gasteiger partial charge in [0.05, 0.1) is 6.61 Å². The van der Waals surface area contributed by atoms with E-state index in [-0.39, 0.29) is 32.3 Å². The summed E-state index contributed by atoms with van der Waals surface area (Å²) in [6, 6.07) is 0.0179. The topological polar surface area (TPSA) is 47.9 Å². The fourth-order valence-corrected chi connectivity index (χ4v) is 3.68. The van der Waals surface area contributed by atoms with Gasteiger partial charge in [0.2, 0.25) is 29.1 Å². The van der Waals surface area contributed by atoms with Crippen LogP contribution in [-0.2, 0) is 8.85 Å². The summed E-state index contributed by atoms with van der Waals surface area (Å²) >= 11 is 0. The van der Waals surface area contributed by atoms with Crippen LogP contribution in [0.1, 0.15) is 20.3 Å². The first-order valence-electron chi connectivity index (χ1n) is 6.91. The maximum atomic E-state index is 13.4. The van der Waals surface area contributed by atoms with E-state index in [4.69, 9.17) is 8.85 Å². The quantitative estimate of drug-likeness (QED) is 0.242. The number of rotatable bonds is 9. The van der Waals surface area contributed by atoms with Crippen LogP contribution in [0, 0.1) is 29.1 Å². The lowest BCUT2D eigenvalue weighted by Gasteiger charge is -2.22. The van der Waals surface area contributed by atoms with E-state index in [0.29, 0.717) is 0 Å². The highest BCUT2D eigenvalue weighted by molar-refractivity contribution is 6.59. The third-order valence-corrected chi connectivity index (χ3v) is 5.26. The van der Waals surface area contributed by atoms with Gasteiger partial charge in [-0.1, -0.05) is 0 Å². The summed E-state index contributed by atoms with van der Waals surface area (Å²) in [6.45, 7) is 3.35. The van der Waals surface area contributed by atoms with Gasteiger partial charge in [-0.3, -0.25) is 0 Å². The summed E-state index contributed by atoms with van der Waals surface area (Å²) in [7, 11) is -3.42. The van der Waals surface area contributed by atoms with E-state index >= 15 is 0 Å². The molecule has 0 bridgehead atoms. The molecule has 0 unspecified atom stereocenters. The fraction of sp³-hybridized carbons (Fsp3) is 0.538. The molecule has 0 radical (unpaired) electrons. The van der Waals surface area contributed by atoms with E-state index in [0.717, 1.165) is 0 Å². The molecule has 0 fully saturated rings. The molecule has 1 rings (SSSR count). The van der Waals surface area contributed by atoms with Gasteiger partial charge in [-0.25, -0.2) is 13.2 Å². The van der Waals surface area contributed by atoms with Crippen molar-refractivity contribution in [1.29, 1.82) is 0 Å². The summed E-state index contributed by atoms with van der Waals surface area (Å²) in [4.78, 5) is 10.1. The fourth-order valence-electron chi connectivity index (χ4n) is 1.82. The summed E-state index contributed by atoms with van der Waals surface area (Å²) in [5, 5.41) is 0. The number of hydrogen-bond donors (Lipinski definition) is 1. The molecule has 0 aliphatic heterocycles. The van der Waals surface area contributed by atoms with Gasteiger partial charge in [0.1, 0.15) is 0 Å². The van der Waals surface area contributed by atoms with Crippen molar-refractivity contribution in [2.75, 3.05) is 19.8 Å². The van der Waals surface area contributed by atoms with Crippen LogP contribution in [0.25, 0.3) is 0 Å². The van der Waals surface area contributed by atoms with Gasteiger partial charge in [-0.2, -0.15) is 8.78 Å². The predicted molar refractivity (Wildman–Crippen MR) is 72.4 cm³/mol. The summed E-state index contributed by atoms with van der Waals surface area (Å²) in [6.07, 6.45) is 0.0439. The van der Waals surface area contributed by atoms with Gasteiger partial charge >= 0.3 is 8.80 Å². The van der Waals surface area contributed by atoms with Crippen LogP contribution < -0.4 is 4.74 Å². The van der Waals surface area contributed by atoms with E-state index in [1.54, 1.807) is 13.8 Å². The van der Waals surface area contributed by atoms with Crippen molar-refractivity contribution < 1.29 is 40.3 Å². The van der Waals surface area contributed by atoms with Crippen molar-refractivity contribution in [1.82, 2.24) is 0 Å². The number of halogens is 5. The van der Waals surface area contributed by atoms with Crippen molar-refractivity contribution in [3.8, 4) is 5.75 Å². The van der Waals surface area contributed by atoms with Crippen LogP contribution >= 0.6 is 0 Å². The van der Waals surface area contributed by atoms with E-state index in [1.165, 1.54) is 0 Å². The molecular formula is C13H17F5O4Si. The van der Waals surface area contributed by atoms with Crippen LogP contribution in [0.2, 0.25) is 6.04 Å². The normalized spacial score (nSPS) is 11.8. The van der Waals surface area contributed by atoms with Crippen LogP contribution in [0.15, 0.2) is 0 Å². The smallest absolute Gasteiger partial charge is 0.487 e. The number of hydrogen-bond acceptors (Lipinski definition) is 4. The molecule has 0 atom stereocenters. The molecule has 0 amide bonds. The van der Waals surface area contributed by atoms with E-state index < -0.39 is 43.6 Å². The molecule has 0 heterocycles. The van der Waals surface area contributed by atoms with Gasteiger partial charge in [0, 0.05) is 19.3 Å². The second-order valence-corrected chi connectivity index (χ2v) is 6.93. The average molecular weight is 360 g/mol. The average Bonchev–Trinajstić information content (AvgIpc) is 2.51. The zero-order chi connectivity index (χ0) is 17.6. The van der Waals surface area contributed by atoms with E-state index in [2.05, 4.69) is 4.74 Å². The standard InChI is InChI=1S/C13H17F5O4Si/c1-3-21-23(19,22-4-2)7-5-6-20-13-11(17)9(15)8(14)10(16)12(13)18/h19H,3-7H2,1-2H3. The first-order chi connectivity index (χ1) is 10.8. The zero-order valence-electron chi connectivity index (χ0n) is 12.6. The Hall–Kier alpha value is -1.23. The third-order valence-electron chi connectivity index (χ3n) is 2.79. The third kappa shape index (κ3) is 4.87. The van der Waals surface area contributed by atoms with Crippen molar-refractivity contribution in [2.45, 2.75) is 26.3 Å². The van der Waals surface area contributed by atoms with Crippen LogP contribution in [0.4, 0.5) is 22.0 Å². The largest absolute Gasteiger partial charge is 0.498 e. The molecule has 23 heavy (non-hydrogen) atoms. The summed E-state index contributed by atoms with van der Waals surface area (Å²) < 4.78 is 80.5. The number of ether oxygens (including phenoxy) is 1. The molecule has 0 aliphatic carbocycles. The van der Waals surface area contributed by atoms with Gasteiger partial charge in [0.25, 0.3) is 0 Å². The molecule has 0 aromatic heterocycles. The van der Waals surface area contributed by atoms with Crippen LogP contribution in [0.3, 0.4) is 0 Å². The molecule has 10 heteroatoms. The van der Waals surface area contributed by atoms with E-state index in [1.807, 2.05) is 0 Å². The lowest BCUT2D eigenvalue weighted by molar-refractivity contribution is 0.106. The molecule has 132 valence electrons. The lowest BCUT2D eigenvalue weighted by atomic mass is 10.2. The highest BCUT2D eigenvalue weighted by atomic mass is 28.4. The molecule has 4 nitrogen and oxygen atoms in total. The highest BCUT2D eigenvalue weighted by Gasteiger charge is 2.35. The van der Waals surface area contributed by atoms with Gasteiger partial charge < -0.3 is 18.4 Å². The van der Waals surface area contributed by atoms with Crippen molar-refractivity contribution in [3.05, 3.63) is 29.1 Å². The second kappa shape index (κ2) is 8.57. The Morgan fingerprint density at radius 2 is 1.26 bits per heavy atom. The summed E-state index contributed by atoms with van der Waals surface area (Å²) in [5.41, 5.74) is 0. The molecule has 1 N–H and O–H groups in total. The Kier molecular flexibility index (Phi) is 7.38. The molecule has 1 aromatic rings. The molecule has 0 saturated heterocycles. The SMILES string of the molecule is CCO[Si](O)(CCCOc1c(F)c(F)c(F)c(F)c1F)OCC. The Balaban J connectivity index is 2.70. The minimum atomic E-state index is -3.42. The van der Waals surface area contributed by atoms with Crippen LogP contribution in [-0.4, -0.2) is 33.4 Å². The minimum Gasteiger partial charge on any atom is -0.487 e. The van der Waals surface area contributed by atoms with Crippen LogP contribution in [0.5, 0.6) is 5.75 Å². The van der Waals surface area contributed by atoms with Gasteiger partial charge in [-0.15, -0.1) is 0 Å². The van der Waals surface area contributed by atoms with Crippen molar-refractivity contribution in [2.24, 2.45) is 0 Å². The maximum Gasteiger partial charge on any atom is 0.498 e. The first kappa shape index (κ1) is 19.8. The minimum absolute atomic E-state index is 0.0179. The van der Waals surface area contributed by atoms with Gasteiger partial charge in [-0.05, 0) is 20.3 Å². The Morgan fingerprint density at radius 3 is 1.70 bits per heavy atom. The second-order valence-electron chi connectivity index (χ2n) is 4.43. The van der Waals surface area contributed by atoms with E-state index in [9.17, 15) is 26.7 Å². The Labute approximate surface area is 131 Å². The molecule has 0 saturated carbocycles. The predicted octanol–water partition coefficient (Wildman–Crippen LogP) is 3.16. The van der Waals surface area contributed by atoms with Crippen molar-refractivity contribution >= 4 is 8.80 Å². The molecule has 0 spiro atoms. The Bertz CT molecular complexity index is 509.